The number of hydrogen-bond acceptors (Lipinski definition) is 15. The summed E-state index contributed by atoms with van der Waals surface area (Å²) in [5.41, 5.74) is 2.97. The number of aliphatic hydroxyl groups excluding tert-OH is 4. The third kappa shape index (κ3) is 11.1. The van der Waals surface area contributed by atoms with Gasteiger partial charge in [-0.1, -0.05) is 55.4 Å². The Hall–Kier alpha value is -4.33. The number of fused-ring (bicyclic) bond motifs is 3. The monoisotopic (exact) mass is 964 g/mol. The molecule has 0 radical (unpaired) electrons. The standard InChI is InChI=1S/C52H72N2O15/c1-27(24-65-29(3)55)35-21-40(57)52(7)22-36-32(25-64-8)16-17-33(36)28(2)43(59)46(42(35)52)69-50-45(61)47(67-30(4)56)44(60)39(68-50)26-66-51(5,6)20-11-9-10-13-31-14-12-15-34-37(31)23-54(49(34)63)38-18-19-41(58)53-48(38)62/h11-12,14-15,20,22,27-28,32-33,38-40,43-47,50,57,59-61H,9-10,13,16-19,21,23-26H2,1-8H3,(H,53,58,62)/b20-11+,36-22-/t27-,28-,32-,33+,38?,39?,40+,43-,44?,45?,46-,47?,50?,52+/m1/s1. The van der Waals surface area contributed by atoms with Gasteiger partial charge in [0.05, 0.1) is 37.6 Å². The number of nitrogens with one attached hydrogen (secondary N) is 1. The number of amides is 3. The van der Waals surface area contributed by atoms with E-state index < -0.39 is 83.9 Å². The lowest BCUT2D eigenvalue weighted by Crippen LogP contribution is -2.62. The quantitative estimate of drug-likeness (QED) is 0.0647. The van der Waals surface area contributed by atoms with Crippen LogP contribution >= 0.6 is 0 Å². The molecule has 6 aliphatic rings. The number of nitrogens with zero attached hydrogens (tertiary/aromatic N) is 1. The van der Waals surface area contributed by atoms with E-state index in [-0.39, 0.29) is 61.5 Å². The molecule has 69 heavy (non-hydrogen) atoms. The number of piperidine rings is 1. The highest BCUT2D eigenvalue weighted by atomic mass is 16.7. The van der Waals surface area contributed by atoms with E-state index in [2.05, 4.69) is 11.4 Å². The number of rotatable bonds is 17. The van der Waals surface area contributed by atoms with Crippen LogP contribution in [0, 0.1) is 29.1 Å². The van der Waals surface area contributed by atoms with Gasteiger partial charge in [-0.2, -0.15) is 0 Å². The van der Waals surface area contributed by atoms with E-state index in [0.29, 0.717) is 43.6 Å². The van der Waals surface area contributed by atoms with Crippen LogP contribution in [0.4, 0.5) is 0 Å². The molecule has 1 saturated carbocycles. The molecule has 7 rings (SSSR count). The zero-order valence-corrected chi connectivity index (χ0v) is 41.2. The third-order valence-electron chi connectivity index (χ3n) is 15.4. The molecule has 6 unspecified atom stereocenters. The van der Waals surface area contributed by atoms with Crippen LogP contribution in [0.3, 0.4) is 0 Å². The van der Waals surface area contributed by atoms with Gasteiger partial charge < -0.3 is 53.7 Å². The molecule has 5 N–H and O–H groups in total. The number of methoxy groups -OCH3 is 1. The first-order valence-corrected chi connectivity index (χ1v) is 24.5. The van der Waals surface area contributed by atoms with Crippen molar-refractivity contribution in [2.45, 2.75) is 167 Å². The highest BCUT2D eigenvalue weighted by Gasteiger charge is 2.56. The number of imide groups is 1. The number of carbonyl (C=O) groups is 5. The van der Waals surface area contributed by atoms with E-state index in [1.54, 1.807) is 18.1 Å². The maximum absolute atomic E-state index is 13.3. The van der Waals surface area contributed by atoms with Crippen LogP contribution in [0.1, 0.15) is 115 Å². The smallest absolute Gasteiger partial charge is 0.303 e. The summed E-state index contributed by atoms with van der Waals surface area (Å²) in [5, 5.41) is 50.2. The average molecular weight is 965 g/mol. The summed E-state index contributed by atoms with van der Waals surface area (Å²) in [5.74, 6) is -2.93. The normalized spacial score (nSPS) is 34.9. The highest BCUT2D eigenvalue weighted by Crippen LogP contribution is 2.56. The Labute approximate surface area is 404 Å². The molecule has 0 aromatic heterocycles. The van der Waals surface area contributed by atoms with Crippen molar-refractivity contribution in [2.24, 2.45) is 29.1 Å². The maximum Gasteiger partial charge on any atom is 0.303 e. The molecule has 1 aromatic rings. The van der Waals surface area contributed by atoms with Gasteiger partial charge in [0.15, 0.2) is 12.4 Å². The minimum atomic E-state index is -1.70. The molecule has 3 aliphatic heterocycles. The summed E-state index contributed by atoms with van der Waals surface area (Å²) in [6, 6.07) is 4.91. The van der Waals surface area contributed by atoms with Gasteiger partial charge in [0.1, 0.15) is 30.5 Å². The maximum atomic E-state index is 13.3. The van der Waals surface area contributed by atoms with Crippen LogP contribution in [-0.4, -0.2) is 143 Å². The fourth-order valence-corrected chi connectivity index (χ4v) is 11.5. The molecule has 2 saturated heterocycles. The van der Waals surface area contributed by atoms with Crippen LogP contribution < -0.4 is 5.32 Å². The zero-order valence-electron chi connectivity index (χ0n) is 41.2. The van der Waals surface area contributed by atoms with Gasteiger partial charge >= 0.3 is 11.9 Å². The van der Waals surface area contributed by atoms with E-state index in [9.17, 15) is 44.4 Å². The minimum absolute atomic E-state index is 0.0255. The number of esters is 2. The number of hydrogen-bond donors (Lipinski definition) is 5. The van der Waals surface area contributed by atoms with Crippen molar-refractivity contribution in [1.29, 1.82) is 0 Å². The van der Waals surface area contributed by atoms with Gasteiger partial charge in [0, 0.05) is 56.7 Å². The van der Waals surface area contributed by atoms with E-state index in [0.717, 1.165) is 41.5 Å². The van der Waals surface area contributed by atoms with Crippen LogP contribution in [0.2, 0.25) is 0 Å². The number of unbranched alkanes of at least 4 members (excludes halogenated alkanes) is 1. The number of aliphatic hydroxyl groups is 4. The summed E-state index contributed by atoms with van der Waals surface area (Å²) in [6.07, 6.45) is -0.332. The third-order valence-corrected chi connectivity index (χ3v) is 15.4. The average Bonchev–Trinajstić information content (AvgIpc) is 3.92. The van der Waals surface area contributed by atoms with Gasteiger partial charge in [-0.25, -0.2) is 0 Å². The Morgan fingerprint density at radius 1 is 1.03 bits per heavy atom. The molecule has 3 heterocycles. The van der Waals surface area contributed by atoms with Crippen molar-refractivity contribution in [1.82, 2.24) is 10.2 Å². The van der Waals surface area contributed by atoms with Crippen LogP contribution in [0.15, 0.2) is 53.1 Å². The second-order valence-corrected chi connectivity index (χ2v) is 20.7. The molecule has 3 aliphatic carbocycles. The van der Waals surface area contributed by atoms with Crippen molar-refractivity contribution in [3.05, 3.63) is 69.8 Å². The molecule has 1 aromatic carbocycles. The second kappa shape index (κ2) is 21.6. The van der Waals surface area contributed by atoms with Gasteiger partial charge in [-0.05, 0) is 100 Å². The van der Waals surface area contributed by atoms with Crippen LogP contribution in [-0.2, 0) is 60.6 Å². The first kappa shape index (κ1) is 52.5. The number of carbonyl (C=O) groups excluding carboxylic acids is 5. The molecule has 17 heteroatoms. The van der Waals surface area contributed by atoms with Gasteiger partial charge in [-0.3, -0.25) is 29.3 Å². The lowest BCUT2D eigenvalue weighted by molar-refractivity contribution is -0.320. The Morgan fingerprint density at radius 2 is 1.78 bits per heavy atom. The van der Waals surface area contributed by atoms with E-state index in [1.165, 1.54) is 13.8 Å². The van der Waals surface area contributed by atoms with E-state index >= 15 is 0 Å². The fourth-order valence-electron chi connectivity index (χ4n) is 11.5. The van der Waals surface area contributed by atoms with Crippen molar-refractivity contribution in [2.75, 3.05) is 26.9 Å². The molecular formula is C52H72N2O15. The number of benzene rings is 1. The van der Waals surface area contributed by atoms with Crippen molar-refractivity contribution >= 4 is 29.7 Å². The van der Waals surface area contributed by atoms with Crippen molar-refractivity contribution < 1.29 is 72.8 Å². The Balaban J connectivity index is 1.06. The summed E-state index contributed by atoms with van der Waals surface area (Å²) in [4.78, 5) is 63.6. The lowest BCUT2D eigenvalue weighted by atomic mass is 9.68. The Kier molecular flexibility index (Phi) is 16.4. The molecule has 3 fully saturated rings. The largest absolute Gasteiger partial charge is 0.465 e. The second-order valence-electron chi connectivity index (χ2n) is 20.7. The molecule has 0 spiro atoms. The van der Waals surface area contributed by atoms with E-state index in [1.807, 2.05) is 58.9 Å². The molecular weight excluding hydrogens is 893 g/mol. The molecule has 14 atom stereocenters. The Morgan fingerprint density at radius 3 is 2.48 bits per heavy atom. The summed E-state index contributed by atoms with van der Waals surface area (Å²) >= 11 is 0. The van der Waals surface area contributed by atoms with Crippen molar-refractivity contribution in [3.8, 4) is 0 Å². The molecule has 3 amide bonds. The van der Waals surface area contributed by atoms with Gasteiger partial charge in [-0.15, -0.1) is 0 Å². The predicted octanol–water partition coefficient (Wildman–Crippen LogP) is 3.76. The lowest BCUT2D eigenvalue weighted by Gasteiger charge is -2.47. The molecule has 17 nitrogen and oxygen atoms in total. The zero-order chi connectivity index (χ0) is 50.1. The van der Waals surface area contributed by atoms with E-state index in [4.69, 9.17) is 28.4 Å². The first-order chi connectivity index (χ1) is 32.6. The number of ether oxygens (including phenoxy) is 6. The number of aryl methyl sites for hydroxylation is 1. The SMILES string of the molecule is COC[C@H]1CC[C@@H]2/C1=C\[C@]1(C)C(=C([C@H](C)COC(C)=O)C[C@@H]1O)[C@@H](OC1OC(COC(C)(C)/C=C/CCCc3cccc4c3CN(C3CCC(=O)NC3=O)C4=O)C(O)C(OC(C)=O)C1O)[C@H](O)[C@@H]2C. The van der Waals surface area contributed by atoms with Gasteiger partial charge in [0.2, 0.25) is 11.8 Å². The minimum Gasteiger partial charge on any atom is -0.465 e. The van der Waals surface area contributed by atoms with Crippen LogP contribution in [0.5, 0.6) is 0 Å². The van der Waals surface area contributed by atoms with Crippen molar-refractivity contribution in [3.63, 3.8) is 0 Å². The first-order valence-electron chi connectivity index (χ1n) is 24.5. The molecule has 0 bridgehead atoms. The molecule has 380 valence electrons. The fraction of sp³-hybridized carbons (Fsp3) is 0.673. The highest BCUT2D eigenvalue weighted by molar-refractivity contribution is 6.05. The van der Waals surface area contributed by atoms with Gasteiger partial charge in [0.25, 0.3) is 5.91 Å². The topological polar surface area (TPSA) is 237 Å². The summed E-state index contributed by atoms with van der Waals surface area (Å²) in [6.45, 7) is 12.5. The predicted molar refractivity (Wildman–Crippen MR) is 249 cm³/mol. The number of allylic oxidation sites excluding steroid dienone is 1. The summed E-state index contributed by atoms with van der Waals surface area (Å²) < 4.78 is 36.0. The van der Waals surface area contributed by atoms with Crippen LogP contribution in [0.25, 0.3) is 0 Å². The Bertz CT molecular complexity index is 2200. The summed E-state index contributed by atoms with van der Waals surface area (Å²) in [7, 11) is 1.66.